The van der Waals surface area contributed by atoms with Gasteiger partial charge in [-0.25, -0.2) is 4.79 Å². The Labute approximate surface area is 76.4 Å². The van der Waals surface area contributed by atoms with E-state index in [0.29, 0.717) is 5.92 Å². The van der Waals surface area contributed by atoms with Crippen LogP contribution in [0.3, 0.4) is 0 Å². The standard InChI is InChI=1S/C10H11NO2/c12-10(13)11-9-6-8(9)7-4-2-1-3-5-7/h1-5,8-9,11H,6H2,(H,12,13)/t8-,9+/m0/s1. The molecule has 0 saturated heterocycles. The molecule has 68 valence electrons. The maximum Gasteiger partial charge on any atom is 0.404 e. The summed E-state index contributed by atoms with van der Waals surface area (Å²) in [5.74, 6) is 0.386. The van der Waals surface area contributed by atoms with Crippen LogP contribution in [0.2, 0.25) is 0 Å². The fourth-order valence-electron chi connectivity index (χ4n) is 1.58. The average Bonchev–Trinajstić information content (AvgIpc) is 2.84. The van der Waals surface area contributed by atoms with E-state index in [2.05, 4.69) is 5.32 Å². The Kier molecular flexibility index (Phi) is 1.93. The lowest BCUT2D eigenvalue weighted by atomic mass is 10.1. The highest BCUT2D eigenvalue weighted by atomic mass is 16.4. The van der Waals surface area contributed by atoms with Gasteiger partial charge in [-0.1, -0.05) is 30.3 Å². The van der Waals surface area contributed by atoms with Crippen LogP contribution in [0.15, 0.2) is 30.3 Å². The first-order valence-corrected chi connectivity index (χ1v) is 4.32. The summed E-state index contributed by atoms with van der Waals surface area (Å²) in [6.45, 7) is 0. The van der Waals surface area contributed by atoms with Crippen LogP contribution in [0.4, 0.5) is 4.79 Å². The molecular formula is C10H11NO2. The number of hydrogen-bond acceptors (Lipinski definition) is 1. The molecule has 1 saturated carbocycles. The van der Waals surface area contributed by atoms with E-state index in [1.165, 1.54) is 5.56 Å². The van der Waals surface area contributed by atoms with Crippen LogP contribution >= 0.6 is 0 Å². The molecule has 13 heavy (non-hydrogen) atoms. The number of amides is 1. The lowest BCUT2D eigenvalue weighted by molar-refractivity contribution is 0.193. The van der Waals surface area contributed by atoms with Crippen LogP contribution < -0.4 is 5.32 Å². The normalized spacial score (nSPS) is 25.2. The molecule has 0 heterocycles. The van der Waals surface area contributed by atoms with Gasteiger partial charge in [-0.15, -0.1) is 0 Å². The highest BCUT2D eigenvalue weighted by Gasteiger charge is 2.39. The zero-order valence-electron chi connectivity index (χ0n) is 7.10. The molecular weight excluding hydrogens is 166 g/mol. The second-order valence-corrected chi connectivity index (χ2v) is 3.31. The molecule has 2 N–H and O–H groups in total. The molecule has 3 nitrogen and oxygen atoms in total. The average molecular weight is 177 g/mol. The third-order valence-corrected chi connectivity index (χ3v) is 2.33. The number of nitrogens with one attached hydrogen (secondary N) is 1. The summed E-state index contributed by atoms with van der Waals surface area (Å²) < 4.78 is 0. The van der Waals surface area contributed by atoms with Crippen LogP contribution in [0.1, 0.15) is 17.9 Å². The van der Waals surface area contributed by atoms with Gasteiger partial charge in [0, 0.05) is 12.0 Å². The Hall–Kier alpha value is -1.51. The van der Waals surface area contributed by atoms with E-state index in [1.54, 1.807) is 0 Å². The number of carbonyl (C=O) groups is 1. The van der Waals surface area contributed by atoms with Crippen molar-refractivity contribution in [3.05, 3.63) is 35.9 Å². The van der Waals surface area contributed by atoms with Crippen LogP contribution in [0.25, 0.3) is 0 Å². The van der Waals surface area contributed by atoms with Gasteiger partial charge in [0.2, 0.25) is 0 Å². The predicted molar refractivity (Wildman–Crippen MR) is 48.7 cm³/mol. The summed E-state index contributed by atoms with van der Waals surface area (Å²) in [5.41, 5.74) is 1.22. The molecule has 3 heteroatoms. The molecule has 0 radical (unpaired) electrons. The lowest BCUT2D eigenvalue weighted by Crippen LogP contribution is -2.24. The number of carboxylic acid groups (broad SMARTS) is 1. The van der Waals surface area contributed by atoms with Crippen LogP contribution in [-0.4, -0.2) is 17.2 Å². The van der Waals surface area contributed by atoms with Gasteiger partial charge in [-0.2, -0.15) is 0 Å². The highest BCUT2D eigenvalue weighted by Crippen LogP contribution is 2.40. The van der Waals surface area contributed by atoms with Crippen molar-refractivity contribution in [1.29, 1.82) is 0 Å². The maximum absolute atomic E-state index is 10.3. The van der Waals surface area contributed by atoms with Crippen molar-refractivity contribution in [2.45, 2.75) is 18.4 Å². The van der Waals surface area contributed by atoms with Crippen molar-refractivity contribution < 1.29 is 9.90 Å². The monoisotopic (exact) mass is 177 g/mol. The van der Waals surface area contributed by atoms with E-state index in [1.807, 2.05) is 30.3 Å². The SMILES string of the molecule is O=C(O)N[C@@H]1C[C@H]1c1ccccc1. The van der Waals surface area contributed by atoms with E-state index < -0.39 is 6.09 Å². The van der Waals surface area contributed by atoms with E-state index in [9.17, 15) is 4.79 Å². The molecule has 0 bridgehead atoms. The van der Waals surface area contributed by atoms with E-state index >= 15 is 0 Å². The second-order valence-electron chi connectivity index (χ2n) is 3.31. The summed E-state index contributed by atoms with van der Waals surface area (Å²) >= 11 is 0. The summed E-state index contributed by atoms with van der Waals surface area (Å²) in [6.07, 6.45) is -0.000480. The van der Waals surface area contributed by atoms with Crippen LogP contribution in [0, 0.1) is 0 Å². The Bertz CT molecular complexity index is 310. The summed E-state index contributed by atoms with van der Waals surface area (Å²) in [7, 11) is 0. The van der Waals surface area contributed by atoms with Gasteiger partial charge in [-0.05, 0) is 12.0 Å². The first kappa shape index (κ1) is 8.10. The molecule has 0 aromatic heterocycles. The van der Waals surface area contributed by atoms with Crippen LogP contribution in [-0.2, 0) is 0 Å². The van der Waals surface area contributed by atoms with Gasteiger partial charge in [0.25, 0.3) is 0 Å². The minimum Gasteiger partial charge on any atom is -0.465 e. The fraction of sp³-hybridized carbons (Fsp3) is 0.300. The van der Waals surface area contributed by atoms with Gasteiger partial charge in [0.15, 0.2) is 0 Å². The molecule has 1 aromatic carbocycles. The van der Waals surface area contributed by atoms with Crippen LogP contribution in [0.5, 0.6) is 0 Å². The van der Waals surface area contributed by atoms with Crippen molar-refractivity contribution in [3.8, 4) is 0 Å². The van der Waals surface area contributed by atoms with E-state index in [-0.39, 0.29) is 6.04 Å². The molecule has 1 amide bonds. The molecule has 1 aliphatic rings. The van der Waals surface area contributed by atoms with Gasteiger partial charge in [0.1, 0.15) is 0 Å². The Morgan fingerprint density at radius 1 is 1.38 bits per heavy atom. The molecule has 1 aliphatic carbocycles. The first-order valence-electron chi connectivity index (χ1n) is 4.32. The van der Waals surface area contributed by atoms with Gasteiger partial charge in [-0.3, -0.25) is 0 Å². The first-order chi connectivity index (χ1) is 6.27. The molecule has 2 rings (SSSR count). The zero-order chi connectivity index (χ0) is 9.26. The van der Waals surface area contributed by atoms with Gasteiger partial charge >= 0.3 is 6.09 Å². The van der Waals surface area contributed by atoms with Crippen molar-refractivity contribution in [2.75, 3.05) is 0 Å². The second kappa shape index (κ2) is 3.09. The van der Waals surface area contributed by atoms with Crippen molar-refractivity contribution in [3.63, 3.8) is 0 Å². The lowest BCUT2D eigenvalue weighted by Gasteiger charge is -1.99. The highest BCUT2D eigenvalue weighted by molar-refractivity contribution is 5.65. The maximum atomic E-state index is 10.3. The molecule has 1 aromatic rings. The smallest absolute Gasteiger partial charge is 0.404 e. The number of hydrogen-bond donors (Lipinski definition) is 2. The predicted octanol–water partition coefficient (Wildman–Crippen LogP) is 1.81. The summed E-state index contributed by atoms with van der Waals surface area (Å²) in [4.78, 5) is 10.3. The fourth-order valence-corrected chi connectivity index (χ4v) is 1.58. The minimum atomic E-state index is -0.927. The molecule has 0 aliphatic heterocycles. The summed E-state index contributed by atoms with van der Waals surface area (Å²) in [5, 5.41) is 11.0. The third kappa shape index (κ3) is 1.80. The van der Waals surface area contributed by atoms with Crippen molar-refractivity contribution in [1.82, 2.24) is 5.32 Å². The minimum absolute atomic E-state index is 0.125. The number of rotatable bonds is 2. The Balaban J connectivity index is 1.97. The van der Waals surface area contributed by atoms with Crippen molar-refractivity contribution >= 4 is 6.09 Å². The third-order valence-electron chi connectivity index (χ3n) is 2.33. The van der Waals surface area contributed by atoms with E-state index in [4.69, 9.17) is 5.11 Å². The van der Waals surface area contributed by atoms with E-state index in [0.717, 1.165) is 6.42 Å². The molecule has 1 fully saturated rings. The van der Waals surface area contributed by atoms with Crippen molar-refractivity contribution in [2.24, 2.45) is 0 Å². The molecule has 0 spiro atoms. The summed E-state index contributed by atoms with van der Waals surface area (Å²) in [6, 6.07) is 10.1. The zero-order valence-corrected chi connectivity index (χ0v) is 7.10. The quantitative estimate of drug-likeness (QED) is 0.723. The Morgan fingerprint density at radius 3 is 2.69 bits per heavy atom. The molecule has 2 atom stereocenters. The molecule has 0 unspecified atom stereocenters. The van der Waals surface area contributed by atoms with Gasteiger partial charge < -0.3 is 10.4 Å². The largest absolute Gasteiger partial charge is 0.465 e. The Morgan fingerprint density at radius 2 is 2.08 bits per heavy atom. The topological polar surface area (TPSA) is 49.3 Å². The van der Waals surface area contributed by atoms with Gasteiger partial charge in [0.05, 0.1) is 0 Å². The number of benzene rings is 1.